The highest BCUT2D eigenvalue weighted by Crippen LogP contribution is 2.43. The summed E-state index contributed by atoms with van der Waals surface area (Å²) in [4.78, 5) is 15.6. The zero-order chi connectivity index (χ0) is 34.2. The van der Waals surface area contributed by atoms with Gasteiger partial charge in [-0.05, 0) is 59.8 Å². The molecule has 6 nitrogen and oxygen atoms in total. The minimum atomic E-state index is -2.26. The van der Waals surface area contributed by atoms with Gasteiger partial charge < -0.3 is 14.4 Å². The molecule has 1 saturated heterocycles. The van der Waals surface area contributed by atoms with E-state index in [4.69, 9.17) is 14.5 Å². The van der Waals surface area contributed by atoms with Crippen LogP contribution in [0.25, 0.3) is 32.9 Å². The number of hydrogen-bond acceptors (Lipinski definition) is 7. The third-order valence-corrected chi connectivity index (χ3v) is 16.5. The zero-order valence-electron chi connectivity index (χ0n) is 28.5. The van der Waals surface area contributed by atoms with Gasteiger partial charge in [0.2, 0.25) is 0 Å². The van der Waals surface area contributed by atoms with Gasteiger partial charge in [0.15, 0.2) is 17.8 Å². The van der Waals surface area contributed by atoms with E-state index in [-0.39, 0.29) is 23.6 Å². The van der Waals surface area contributed by atoms with E-state index in [0.29, 0.717) is 68.0 Å². The summed E-state index contributed by atoms with van der Waals surface area (Å²) in [7, 11) is -0.756. The summed E-state index contributed by atoms with van der Waals surface area (Å²) >= 11 is 1.29. The molecule has 0 aliphatic carbocycles. The fourth-order valence-electron chi connectivity index (χ4n) is 7.26. The number of methoxy groups -OCH3 is 1. The van der Waals surface area contributed by atoms with Crippen LogP contribution in [0.3, 0.4) is 0 Å². The molecule has 4 aromatic rings. The lowest BCUT2D eigenvalue weighted by Gasteiger charge is -2.38. The lowest BCUT2D eigenvalue weighted by Crippen LogP contribution is -2.43. The van der Waals surface area contributed by atoms with E-state index in [1.54, 1.807) is 31.3 Å². The number of halogens is 3. The Morgan fingerprint density at radius 1 is 1.06 bits per heavy atom. The predicted octanol–water partition coefficient (Wildman–Crippen LogP) is 9.33. The Hall–Kier alpha value is -3.33. The maximum absolute atomic E-state index is 16.9. The summed E-state index contributed by atoms with van der Waals surface area (Å²) in [5.74, 6) is 2.88. The Morgan fingerprint density at radius 3 is 2.36 bits per heavy atom. The quantitative estimate of drug-likeness (QED) is 0.0574. The highest BCUT2D eigenvalue weighted by molar-refractivity contribution is 7.98. The molecule has 0 spiro atoms. The third-order valence-electron chi connectivity index (χ3n) is 9.67. The average molecular weight is 681 g/mol. The first-order valence-corrected chi connectivity index (χ1v) is 19.5. The third kappa shape index (κ3) is 6.32. The molecule has 5 rings (SSSR count). The van der Waals surface area contributed by atoms with Gasteiger partial charge in [0, 0.05) is 30.8 Å². The number of nitrogens with zero attached hydrogens (tertiary/aromatic N) is 4. The van der Waals surface area contributed by atoms with Crippen LogP contribution in [0.2, 0.25) is 16.6 Å². The lowest BCUT2D eigenvalue weighted by molar-refractivity contribution is 0.0512. The van der Waals surface area contributed by atoms with Gasteiger partial charge in [0.05, 0.1) is 17.0 Å². The second-order valence-corrected chi connectivity index (χ2v) is 19.5. The molecular weight excluding hydrogens is 638 g/mol. The summed E-state index contributed by atoms with van der Waals surface area (Å²) in [6.07, 6.45) is 2.61. The maximum atomic E-state index is 16.9. The monoisotopic (exact) mass is 680 g/mol. The molecule has 1 aliphatic rings. The van der Waals surface area contributed by atoms with Gasteiger partial charge in [-0.1, -0.05) is 65.3 Å². The van der Waals surface area contributed by atoms with Gasteiger partial charge in [-0.3, -0.25) is 0 Å². The van der Waals surface area contributed by atoms with Crippen molar-refractivity contribution < 1.29 is 22.6 Å². The van der Waals surface area contributed by atoms with E-state index < -0.39 is 31.9 Å². The van der Waals surface area contributed by atoms with Crippen LogP contribution < -0.4 is 9.64 Å². The number of alkyl halides is 1. The standard InChI is InChI=1S/C36H43F3N4O2SSi/c1-20(2)47(21(3)4,22(5)6)15-13-26-30(38)11-10-24-16-25(45-19-44-8)17-27(31(24)26)33-32(39)34-28(18-40-36(42-34)46-9)35(41-33)43-14-12-29(37)23(43)7/h10-11,16-18,20-23,29H,12,14,19H2,1-9H3/t23-,29+/m0/s1. The first kappa shape index (κ1) is 35.0. The van der Waals surface area contributed by atoms with Crippen molar-refractivity contribution in [1.29, 1.82) is 0 Å². The first-order chi connectivity index (χ1) is 22.3. The van der Waals surface area contributed by atoms with E-state index in [1.165, 1.54) is 24.9 Å². The van der Waals surface area contributed by atoms with Crippen molar-refractivity contribution in [1.82, 2.24) is 15.0 Å². The van der Waals surface area contributed by atoms with Crippen molar-refractivity contribution in [3.05, 3.63) is 47.7 Å². The topological polar surface area (TPSA) is 60.4 Å². The fraction of sp³-hybridized carbons (Fsp3) is 0.472. The van der Waals surface area contributed by atoms with Crippen LogP contribution in [0.1, 0.15) is 60.5 Å². The molecule has 2 atom stereocenters. The molecule has 11 heteroatoms. The number of fused-ring (bicyclic) bond motifs is 2. The van der Waals surface area contributed by atoms with Crippen LogP contribution in [0, 0.1) is 23.1 Å². The van der Waals surface area contributed by atoms with Crippen LogP contribution in [0.5, 0.6) is 5.75 Å². The summed E-state index contributed by atoms with van der Waals surface area (Å²) < 4.78 is 58.8. The molecule has 1 fully saturated rings. The van der Waals surface area contributed by atoms with Gasteiger partial charge in [0.25, 0.3) is 0 Å². The van der Waals surface area contributed by atoms with Gasteiger partial charge >= 0.3 is 0 Å². The van der Waals surface area contributed by atoms with E-state index in [0.717, 1.165) is 0 Å². The number of ether oxygens (including phenoxy) is 2. The minimum absolute atomic E-state index is 0.0452. The predicted molar refractivity (Wildman–Crippen MR) is 189 cm³/mol. The zero-order valence-corrected chi connectivity index (χ0v) is 30.4. The molecule has 1 aliphatic heterocycles. The van der Waals surface area contributed by atoms with Crippen molar-refractivity contribution in [2.45, 2.75) is 88.9 Å². The van der Waals surface area contributed by atoms with Crippen LogP contribution in [0.4, 0.5) is 19.0 Å². The number of hydrogen-bond donors (Lipinski definition) is 0. The van der Waals surface area contributed by atoms with Crippen molar-refractivity contribution in [3.63, 3.8) is 0 Å². The molecule has 0 unspecified atom stereocenters. The van der Waals surface area contributed by atoms with Gasteiger partial charge in [0.1, 0.15) is 42.8 Å². The number of pyridine rings is 1. The SMILES string of the molecule is COCOc1cc(-c2nc(N3CC[C@@H](F)[C@@H]3C)c3cnc(SC)nc3c2F)c2c(C#C[Si](C(C)C)(C(C)C)C(C)C)c(F)ccc2c1. The van der Waals surface area contributed by atoms with Gasteiger partial charge in [-0.25, -0.2) is 28.1 Å². The van der Waals surface area contributed by atoms with Crippen molar-refractivity contribution >= 4 is 47.3 Å². The van der Waals surface area contributed by atoms with Crippen molar-refractivity contribution in [3.8, 4) is 28.5 Å². The van der Waals surface area contributed by atoms with E-state index >= 15 is 8.78 Å². The molecule has 0 amide bonds. The average Bonchev–Trinajstić information content (AvgIpc) is 3.37. The molecule has 0 N–H and O–H groups in total. The summed E-state index contributed by atoms with van der Waals surface area (Å²) in [6, 6.07) is 5.96. The number of benzene rings is 2. The summed E-state index contributed by atoms with van der Waals surface area (Å²) in [5.41, 5.74) is 5.13. The summed E-state index contributed by atoms with van der Waals surface area (Å²) in [5, 5.41) is 1.80. The Kier molecular flexibility index (Phi) is 10.4. The molecule has 0 bridgehead atoms. The second-order valence-electron chi connectivity index (χ2n) is 13.1. The molecule has 2 aromatic carbocycles. The lowest BCUT2D eigenvalue weighted by atomic mass is 9.95. The number of anilines is 1. The minimum Gasteiger partial charge on any atom is -0.468 e. The number of thioether (sulfide) groups is 1. The molecule has 250 valence electrons. The molecule has 47 heavy (non-hydrogen) atoms. The first-order valence-electron chi connectivity index (χ1n) is 16.1. The van der Waals surface area contributed by atoms with E-state index in [9.17, 15) is 4.39 Å². The van der Waals surface area contributed by atoms with Gasteiger partial charge in [-0.15, -0.1) is 5.54 Å². The number of aromatic nitrogens is 3. The highest BCUT2D eigenvalue weighted by Gasteiger charge is 2.42. The highest BCUT2D eigenvalue weighted by atomic mass is 32.2. The molecule has 0 radical (unpaired) electrons. The molecular formula is C36H43F3N4O2SSi. The van der Waals surface area contributed by atoms with Crippen LogP contribution in [-0.4, -0.2) is 61.9 Å². The fourth-order valence-corrected chi connectivity index (χ4v) is 12.8. The van der Waals surface area contributed by atoms with Crippen molar-refractivity contribution in [2.24, 2.45) is 0 Å². The van der Waals surface area contributed by atoms with E-state index in [2.05, 4.69) is 63.0 Å². The second kappa shape index (κ2) is 14.0. The van der Waals surface area contributed by atoms with Crippen molar-refractivity contribution in [2.75, 3.05) is 31.6 Å². The van der Waals surface area contributed by atoms with Crippen LogP contribution in [-0.2, 0) is 4.74 Å². The Morgan fingerprint density at radius 2 is 1.77 bits per heavy atom. The van der Waals surface area contributed by atoms with Crippen LogP contribution >= 0.6 is 11.8 Å². The smallest absolute Gasteiger partial charge is 0.188 e. The summed E-state index contributed by atoms with van der Waals surface area (Å²) in [6.45, 7) is 15.4. The normalized spacial score (nSPS) is 17.0. The Balaban J connectivity index is 1.90. The maximum Gasteiger partial charge on any atom is 0.188 e. The van der Waals surface area contributed by atoms with Gasteiger partial charge in [-0.2, -0.15) is 0 Å². The largest absolute Gasteiger partial charge is 0.468 e. The molecule has 3 heterocycles. The Labute approximate surface area is 280 Å². The number of rotatable bonds is 9. The van der Waals surface area contributed by atoms with Crippen LogP contribution in [0.15, 0.2) is 35.6 Å². The molecule has 0 saturated carbocycles. The Bertz CT molecular complexity index is 1840. The van der Waals surface area contributed by atoms with E-state index in [1.807, 2.05) is 11.2 Å². The molecule has 2 aromatic heterocycles.